The Morgan fingerprint density at radius 2 is 2.16 bits per heavy atom. The Hall–Kier alpha value is -1.10. The van der Waals surface area contributed by atoms with Gasteiger partial charge in [-0.15, -0.1) is 11.8 Å². The molecule has 0 amide bonds. The summed E-state index contributed by atoms with van der Waals surface area (Å²) in [5.74, 6) is 0. The number of pyridine rings is 1. The molecule has 1 heterocycles. The first-order chi connectivity index (χ1) is 9.24. The predicted octanol–water partition coefficient (Wildman–Crippen LogP) is 2.82. The van der Waals surface area contributed by atoms with Gasteiger partial charge in [-0.05, 0) is 24.2 Å². The van der Waals surface area contributed by atoms with E-state index in [1.807, 2.05) is 25.1 Å². The zero-order chi connectivity index (χ0) is 13.7. The van der Waals surface area contributed by atoms with Crippen molar-refractivity contribution in [1.29, 1.82) is 0 Å². The van der Waals surface area contributed by atoms with Crippen molar-refractivity contribution in [3.8, 4) is 0 Å². The molecule has 2 aromatic rings. The van der Waals surface area contributed by atoms with Crippen LogP contribution in [-0.4, -0.2) is 28.5 Å². The second kappa shape index (κ2) is 6.89. The van der Waals surface area contributed by atoms with Crippen LogP contribution in [0.1, 0.15) is 19.4 Å². The van der Waals surface area contributed by atoms with Crippen LogP contribution in [0.5, 0.6) is 0 Å². The van der Waals surface area contributed by atoms with E-state index in [9.17, 15) is 5.11 Å². The first-order valence-electron chi connectivity index (χ1n) is 6.61. The van der Waals surface area contributed by atoms with Crippen molar-refractivity contribution < 1.29 is 5.11 Å². The van der Waals surface area contributed by atoms with Gasteiger partial charge in [-0.1, -0.05) is 32.0 Å². The highest BCUT2D eigenvalue weighted by Gasteiger charge is 2.11. The molecular weight excluding hydrogens is 256 g/mol. The third-order valence-corrected chi connectivity index (χ3v) is 4.03. The van der Waals surface area contributed by atoms with Gasteiger partial charge < -0.3 is 10.4 Å². The molecule has 1 aromatic carbocycles. The molecule has 19 heavy (non-hydrogen) atoms. The van der Waals surface area contributed by atoms with Crippen molar-refractivity contribution in [3.05, 3.63) is 35.9 Å². The van der Waals surface area contributed by atoms with Gasteiger partial charge >= 0.3 is 0 Å². The average molecular weight is 276 g/mol. The zero-order valence-corrected chi connectivity index (χ0v) is 12.2. The van der Waals surface area contributed by atoms with Crippen molar-refractivity contribution >= 4 is 22.7 Å². The number of fused-ring (bicyclic) bond motifs is 1. The van der Waals surface area contributed by atoms with E-state index < -0.39 is 0 Å². The fourth-order valence-corrected chi connectivity index (χ4v) is 2.75. The highest BCUT2D eigenvalue weighted by molar-refractivity contribution is 7.99. The standard InChI is InChI=1S/C15H20N2OS/c1-3-16-9-13-8-12-6-4-5-7-14(12)17-15(13)19-11(2)10-18/h4-8,11,16,18H,3,9-10H2,1-2H3. The Bertz CT molecular complexity index is 545. The number of aliphatic hydroxyl groups is 1. The molecule has 0 aliphatic carbocycles. The molecule has 0 aliphatic heterocycles. The number of para-hydroxylation sites is 1. The van der Waals surface area contributed by atoms with Gasteiger partial charge in [0.25, 0.3) is 0 Å². The summed E-state index contributed by atoms with van der Waals surface area (Å²) in [5, 5.41) is 14.9. The number of nitrogens with one attached hydrogen (secondary N) is 1. The van der Waals surface area contributed by atoms with Crippen molar-refractivity contribution in [2.45, 2.75) is 30.7 Å². The van der Waals surface area contributed by atoms with Gasteiger partial charge in [0, 0.05) is 17.2 Å². The van der Waals surface area contributed by atoms with Crippen LogP contribution < -0.4 is 5.32 Å². The van der Waals surface area contributed by atoms with Crippen LogP contribution in [0.3, 0.4) is 0 Å². The van der Waals surface area contributed by atoms with Crippen molar-refractivity contribution in [2.24, 2.45) is 0 Å². The minimum Gasteiger partial charge on any atom is -0.395 e. The molecule has 4 heteroatoms. The van der Waals surface area contributed by atoms with Gasteiger partial charge in [-0.3, -0.25) is 0 Å². The first kappa shape index (κ1) is 14.3. The van der Waals surface area contributed by atoms with Crippen LogP contribution in [0.25, 0.3) is 10.9 Å². The Morgan fingerprint density at radius 3 is 2.89 bits per heavy atom. The smallest absolute Gasteiger partial charge is 0.102 e. The molecule has 2 N–H and O–H groups in total. The largest absolute Gasteiger partial charge is 0.395 e. The molecule has 0 saturated carbocycles. The normalized spacial score (nSPS) is 12.8. The lowest BCUT2D eigenvalue weighted by Crippen LogP contribution is -2.14. The molecule has 0 spiro atoms. The quantitative estimate of drug-likeness (QED) is 0.796. The molecule has 0 fully saturated rings. The van der Waals surface area contributed by atoms with Gasteiger partial charge in [-0.2, -0.15) is 0 Å². The number of thioether (sulfide) groups is 1. The van der Waals surface area contributed by atoms with Gasteiger partial charge in [-0.25, -0.2) is 4.98 Å². The summed E-state index contributed by atoms with van der Waals surface area (Å²) in [4.78, 5) is 4.73. The topological polar surface area (TPSA) is 45.2 Å². The van der Waals surface area contributed by atoms with Gasteiger partial charge in [0.1, 0.15) is 5.03 Å². The lowest BCUT2D eigenvalue weighted by molar-refractivity contribution is 0.300. The van der Waals surface area contributed by atoms with Crippen molar-refractivity contribution in [1.82, 2.24) is 10.3 Å². The summed E-state index contributed by atoms with van der Waals surface area (Å²) >= 11 is 1.63. The van der Waals surface area contributed by atoms with Crippen molar-refractivity contribution in [3.63, 3.8) is 0 Å². The van der Waals surface area contributed by atoms with Gasteiger partial charge in [0.15, 0.2) is 0 Å². The first-order valence-corrected chi connectivity index (χ1v) is 7.49. The fraction of sp³-hybridized carbons (Fsp3) is 0.400. The number of hydrogen-bond acceptors (Lipinski definition) is 4. The van der Waals surface area contributed by atoms with Crippen LogP contribution in [0, 0.1) is 0 Å². The van der Waals surface area contributed by atoms with E-state index in [2.05, 4.69) is 24.4 Å². The number of aromatic nitrogens is 1. The Labute approximate surface area is 118 Å². The molecule has 2 rings (SSSR count). The molecule has 0 radical (unpaired) electrons. The van der Waals surface area contributed by atoms with Crippen molar-refractivity contribution in [2.75, 3.05) is 13.2 Å². The minimum absolute atomic E-state index is 0.161. The van der Waals surface area contributed by atoms with E-state index in [0.29, 0.717) is 0 Å². The van der Waals surface area contributed by atoms with E-state index in [1.165, 1.54) is 5.56 Å². The maximum absolute atomic E-state index is 9.21. The summed E-state index contributed by atoms with van der Waals surface area (Å²) in [5.41, 5.74) is 2.21. The molecule has 1 atom stereocenters. The highest BCUT2D eigenvalue weighted by Crippen LogP contribution is 2.27. The third-order valence-electron chi connectivity index (χ3n) is 2.90. The van der Waals surface area contributed by atoms with Crippen LogP contribution >= 0.6 is 11.8 Å². The molecular formula is C15H20N2OS. The number of benzene rings is 1. The summed E-state index contributed by atoms with van der Waals surface area (Å²) in [6.07, 6.45) is 0. The van der Waals surface area contributed by atoms with Crippen LogP contribution in [0.15, 0.2) is 35.4 Å². The maximum Gasteiger partial charge on any atom is 0.102 e. The molecule has 1 aromatic heterocycles. The monoisotopic (exact) mass is 276 g/mol. The van der Waals surface area contributed by atoms with Gasteiger partial charge in [0.2, 0.25) is 0 Å². The Morgan fingerprint density at radius 1 is 1.37 bits per heavy atom. The second-order valence-corrected chi connectivity index (χ2v) is 5.96. The summed E-state index contributed by atoms with van der Waals surface area (Å²) in [7, 11) is 0. The third kappa shape index (κ3) is 3.69. The number of hydrogen-bond donors (Lipinski definition) is 2. The number of nitrogens with zero attached hydrogens (tertiary/aromatic N) is 1. The maximum atomic E-state index is 9.21. The number of aliphatic hydroxyl groups excluding tert-OH is 1. The van der Waals surface area contributed by atoms with Crippen LogP contribution in [0.2, 0.25) is 0 Å². The van der Waals surface area contributed by atoms with E-state index in [0.717, 1.165) is 29.0 Å². The van der Waals surface area contributed by atoms with Crippen LogP contribution in [0.4, 0.5) is 0 Å². The lowest BCUT2D eigenvalue weighted by Gasteiger charge is -2.13. The van der Waals surface area contributed by atoms with Gasteiger partial charge in [0.05, 0.1) is 12.1 Å². The molecule has 0 aliphatic rings. The second-order valence-electron chi connectivity index (χ2n) is 4.54. The zero-order valence-electron chi connectivity index (χ0n) is 11.4. The van der Waals surface area contributed by atoms with E-state index >= 15 is 0 Å². The molecule has 0 bridgehead atoms. The van der Waals surface area contributed by atoms with E-state index in [1.54, 1.807) is 11.8 Å². The highest BCUT2D eigenvalue weighted by atomic mass is 32.2. The van der Waals surface area contributed by atoms with Crippen LogP contribution in [-0.2, 0) is 6.54 Å². The summed E-state index contributed by atoms with van der Waals surface area (Å²) in [6.45, 7) is 6.03. The SMILES string of the molecule is CCNCc1cc2ccccc2nc1SC(C)CO. The van der Waals surface area contributed by atoms with E-state index in [4.69, 9.17) is 4.98 Å². The fourth-order valence-electron chi connectivity index (χ4n) is 1.86. The summed E-state index contributed by atoms with van der Waals surface area (Å²) in [6, 6.07) is 10.3. The Kier molecular flexibility index (Phi) is 5.19. The Balaban J connectivity index is 2.38. The predicted molar refractivity (Wildman–Crippen MR) is 81.5 cm³/mol. The minimum atomic E-state index is 0.161. The molecule has 3 nitrogen and oxygen atoms in total. The lowest BCUT2D eigenvalue weighted by atomic mass is 10.1. The average Bonchev–Trinajstić information content (AvgIpc) is 2.44. The number of rotatable bonds is 6. The van der Waals surface area contributed by atoms with E-state index in [-0.39, 0.29) is 11.9 Å². The molecule has 1 unspecified atom stereocenters. The molecule has 0 saturated heterocycles. The summed E-state index contributed by atoms with van der Waals surface area (Å²) < 4.78 is 0. The molecule has 102 valence electrons.